The van der Waals surface area contributed by atoms with Gasteiger partial charge in [-0.2, -0.15) is 9.57 Å². The minimum Gasteiger partial charge on any atom is -0.381 e. The number of nitrogens with one attached hydrogen (secondary N) is 1. The number of benzene rings is 2. The fourth-order valence-electron chi connectivity index (χ4n) is 2.44. The zero-order valence-electron chi connectivity index (χ0n) is 13.9. The molecule has 0 aliphatic carbocycles. The first kappa shape index (κ1) is 18.0. The maximum absolute atomic E-state index is 12.4. The largest absolute Gasteiger partial charge is 0.381 e. The van der Waals surface area contributed by atoms with Gasteiger partial charge in [-0.3, -0.25) is 0 Å². The number of sulfonamides is 1. The fraction of sp³-hybridized carbons (Fsp3) is 0.278. The zero-order valence-corrected chi connectivity index (χ0v) is 14.7. The summed E-state index contributed by atoms with van der Waals surface area (Å²) in [6.07, 6.45) is 0. The molecule has 0 aliphatic rings. The first-order chi connectivity index (χ1) is 11.5. The number of hydrogen-bond acceptors (Lipinski definition) is 4. The molecule has 126 valence electrons. The lowest BCUT2D eigenvalue weighted by molar-refractivity contribution is 0.445. The number of nitrogens with zero attached hydrogens (tertiary/aromatic N) is 2. The van der Waals surface area contributed by atoms with E-state index in [2.05, 4.69) is 11.4 Å². The summed E-state index contributed by atoms with van der Waals surface area (Å²) in [5.74, 6) is 0. The monoisotopic (exact) mass is 343 g/mol. The fourth-order valence-corrected chi connectivity index (χ4v) is 3.90. The second-order valence-corrected chi connectivity index (χ2v) is 7.17. The van der Waals surface area contributed by atoms with Gasteiger partial charge in [0.2, 0.25) is 10.0 Å². The Morgan fingerprint density at radius 2 is 1.67 bits per heavy atom. The maximum Gasteiger partial charge on any atom is 0.243 e. The zero-order chi connectivity index (χ0) is 17.6. The van der Waals surface area contributed by atoms with Crippen LogP contribution in [0, 0.1) is 11.3 Å². The molecule has 0 saturated carbocycles. The quantitative estimate of drug-likeness (QED) is 0.838. The highest BCUT2D eigenvalue weighted by Crippen LogP contribution is 2.19. The van der Waals surface area contributed by atoms with Crippen molar-refractivity contribution >= 4 is 15.7 Å². The van der Waals surface area contributed by atoms with Gasteiger partial charge in [-0.05, 0) is 35.9 Å². The van der Waals surface area contributed by atoms with E-state index in [4.69, 9.17) is 5.26 Å². The van der Waals surface area contributed by atoms with Gasteiger partial charge >= 0.3 is 0 Å². The van der Waals surface area contributed by atoms with E-state index >= 15 is 0 Å². The second kappa shape index (κ2) is 7.95. The van der Waals surface area contributed by atoms with E-state index in [1.807, 2.05) is 32.0 Å². The van der Waals surface area contributed by atoms with E-state index in [0.717, 1.165) is 11.3 Å². The summed E-state index contributed by atoms with van der Waals surface area (Å²) in [6.45, 7) is 5.05. The van der Waals surface area contributed by atoms with E-state index in [0.29, 0.717) is 25.2 Å². The van der Waals surface area contributed by atoms with Gasteiger partial charge in [0.25, 0.3) is 0 Å². The SMILES string of the molecule is CCN(CC)S(=O)(=O)c1ccc(NCc2ccccc2C#N)cc1. The summed E-state index contributed by atoms with van der Waals surface area (Å²) < 4.78 is 26.3. The Labute approximate surface area is 143 Å². The topological polar surface area (TPSA) is 73.2 Å². The molecule has 2 rings (SSSR count). The first-order valence-electron chi connectivity index (χ1n) is 7.85. The van der Waals surface area contributed by atoms with Crippen LogP contribution in [0.1, 0.15) is 25.0 Å². The Morgan fingerprint density at radius 3 is 2.25 bits per heavy atom. The van der Waals surface area contributed by atoms with Crippen molar-refractivity contribution in [1.29, 1.82) is 5.26 Å². The van der Waals surface area contributed by atoms with Crippen LogP contribution in [0.2, 0.25) is 0 Å². The Hall–Kier alpha value is -2.36. The molecule has 0 bridgehead atoms. The van der Waals surface area contributed by atoms with Crippen molar-refractivity contribution < 1.29 is 8.42 Å². The van der Waals surface area contributed by atoms with E-state index in [-0.39, 0.29) is 4.90 Å². The Morgan fingerprint density at radius 1 is 1.04 bits per heavy atom. The summed E-state index contributed by atoms with van der Waals surface area (Å²) in [6, 6.07) is 16.2. The normalized spacial score (nSPS) is 11.2. The molecule has 0 unspecified atom stereocenters. The van der Waals surface area contributed by atoms with Crippen molar-refractivity contribution in [2.24, 2.45) is 0 Å². The van der Waals surface area contributed by atoms with Crippen LogP contribution in [0.3, 0.4) is 0 Å². The third kappa shape index (κ3) is 3.94. The predicted octanol–water partition coefficient (Wildman–Crippen LogP) is 3.20. The molecule has 24 heavy (non-hydrogen) atoms. The highest BCUT2D eigenvalue weighted by Gasteiger charge is 2.21. The van der Waals surface area contributed by atoms with Crippen molar-refractivity contribution in [2.75, 3.05) is 18.4 Å². The molecule has 0 heterocycles. The first-order valence-corrected chi connectivity index (χ1v) is 9.29. The standard InChI is InChI=1S/C18H21N3O2S/c1-3-21(4-2)24(22,23)18-11-9-17(10-12-18)20-14-16-8-6-5-7-15(16)13-19/h5-12,20H,3-4,14H2,1-2H3. The minimum atomic E-state index is -3.43. The summed E-state index contributed by atoms with van der Waals surface area (Å²) >= 11 is 0. The van der Waals surface area contributed by atoms with Gasteiger partial charge in [0, 0.05) is 25.3 Å². The van der Waals surface area contributed by atoms with E-state index in [9.17, 15) is 8.42 Å². The van der Waals surface area contributed by atoms with Gasteiger partial charge in [-0.15, -0.1) is 0 Å². The van der Waals surface area contributed by atoms with Crippen molar-refractivity contribution in [1.82, 2.24) is 4.31 Å². The van der Waals surface area contributed by atoms with Gasteiger partial charge in [-0.1, -0.05) is 32.0 Å². The third-order valence-electron chi connectivity index (χ3n) is 3.82. The molecule has 0 amide bonds. The van der Waals surface area contributed by atoms with E-state index in [1.165, 1.54) is 4.31 Å². The smallest absolute Gasteiger partial charge is 0.243 e. The van der Waals surface area contributed by atoms with Crippen LogP contribution in [0.4, 0.5) is 5.69 Å². The molecule has 0 atom stereocenters. The average Bonchev–Trinajstić information content (AvgIpc) is 2.61. The lowest BCUT2D eigenvalue weighted by atomic mass is 10.1. The summed E-state index contributed by atoms with van der Waals surface area (Å²) in [5, 5.41) is 12.3. The van der Waals surface area contributed by atoms with Crippen LogP contribution in [0.15, 0.2) is 53.4 Å². The lowest BCUT2D eigenvalue weighted by Crippen LogP contribution is -2.30. The van der Waals surface area contributed by atoms with Gasteiger partial charge in [0.1, 0.15) is 0 Å². The van der Waals surface area contributed by atoms with Gasteiger partial charge in [0.05, 0.1) is 16.5 Å². The molecule has 2 aromatic rings. The molecule has 0 saturated heterocycles. The van der Waals surface area contributed by atoms with Gasteiger partial charge < -0.3 is 5.32 Å². The minimum absolute atomic E-state index is 0.286. The summed E-state index contributed by atoms with van der Waals surface area (Å²) in [7, 11) is -3.43. The summed E-state index contributed by atoms with van der Waals surface area (Å²) in [5.41, 5.74) is 2.34. The van der Waals surface area contributed by atoms with Crippen LogP contribution in [0.25, 0.3) is 0 Å². The number of anilines is 1. The van der Waals surface area contributed by atoms with Gasteiger partial charge in [-0.25, -0.2) is 8.42 Å². The number of rotatable bonds is 7. The number of nitriles is 1. The molecule has 0 radical (unpaired) electrons. The highest BCUT2D eigenvalue weighted by atomic mass is 32.2. The Bertz CT molecular complexity index is 820. The van der Waals surface area contributed by atoms with Crippen LogP contribution in [-0.2, 0) is 16.6 Å². The lowest BCUT2D eigenvalue weighted by Gasteiger charge is -2.18. The molecule has 0 fully saturated rings. The van der Waals surface area contributed by atoms with Crippen LogP contribution in [0.5, 0.6) is 0 Å². The maximum atomic E-state index is 12.4. The summed E-state index contributed by atoms with van der Waals surface area (Å²) in [4.78, 5) is 0.286. The van der Waals surface area contributed by atoms with Gasteiger partial charge in [0.15, 0.2) is 0 Å². The molecule has 0 aliphatic heterocycles. The molecule has 2 aromatic carbocycles. The molecular formula is C18H21N3O2S. The second-order valence-electron chi connectivity index (χ2n) is 5.24. The van der Waals surface area contributed by atoms with Crippen molar-refractivity contribution in [2.45, 2.75) is 25.3 Å². The third-order valence-corrected chi connectivity index (χ3v) is 5.88. The molecule has 6 heteroatoms. The van der Waals surface area contributed by atoms with E-state index < -0.39 is 10.0 Å². The van der Waals surface area contributed by atoms with Crippen LogP contribution < -0.4 is 5.32 Å². The van der Waals surface area contributed by atoms with Crippen molar-refractivity contribution in [3.05, 3.63) is 59.7 Å². The number of hydrogen-bond donors (Lipinski definition) is 1. The average molecular weight is 343 g/mol. The highest BCUT2D eigenvalue weighted by molar-refractivity contribution is 7.89. The molecular weight excluding hydrogens is 322 g/mol. The van der Waals surface area contributed by atoms with Crippen LogP contribution >= 0.6 is 0 Å². The van der Waals surface area contributed by atoms with Crippen molar-refractivity contribution in [3.8, 4) is 6.07 Å². The molecule has 5 nitrogen and oxygen atoms in total. The molecule has 0 aromatic heterocycles. The molecule has 1 N–H and O–H groups in total. The molecule has 0 spiro atoms. The van der Waals surface area contributed by atoms with Crippen LogP contribution in [-0.4, -0.2) is 25.8 Å². The predicted molar refractivity (Wildman–Crippen MR) is 95.0 cm³/mol. The Kier molecular flexibility index (Phi) is 5.96. The van der Waals surface area contributed by atoms with E-state index in [1.54, 1.807) is 30.3 Å². The Balaban J connectivity index is 2.12. The van der Waals surface area contributed by atoms with Crippen molar-refractivity contribution in [3.63, 3.8) is 0 Å².